The van der Waals surface area contributed by atoms with Crippen LogP contribution < -0.4 is 15.4 Å². The van der Waals surface area contributed by atoms with Gasteiger partial charge in [-0.05, 0) is 90.3 Å². The second-order valence-electron chi connectivity index (χ2n) is 17.9. The number of hydrogen-bond donors (Lipinski definition) is 3. The number of nitrogens with zero attached hydrogens (tertiary/aromatic N) is 3. The van der Waals surface area contributed by atoms with Crippen molar-refractivity contribution < 1.29 is 41.9 Å². The van der Waals surface area contributed by atoms with Crippen LogP contribution in [-0.2, 0) is 51.8 Å². The van der Waals surface area contributed by atoms with E-state index in [1.807, 2.05) is 35.7 Å². The predicted molar refractivity (Wildman–Crippen MR) is 221 cm³/mol. The third-order valence-electron chi connectivity index (χ3n) is 11.5. The van der Waals surface area contributed by atoms with E-state index in [4.69, 9.17) is 14.5 Å². The minimum Gasteiger partial charge on any atom is -0.460 e. The zero-order valence-corrected chi connectivity index (χ0v) is 36.1. The molecule has 1 saturated heterocycles. The minimum atomic E-state index is -3.91. The fourth-order valence-electron chi connectivity index (χ4n) is 8.18. The van der Waals surface area contributed by atoms with E-state index in [1.165, 1.54) is 16.2 Å². The molecule has 1 aromatic heterocycles. The molecule has 5 atom stereocenters. The molecule has 5 aliphatic rings. The lowest BCUT2D eigenvalue weighted by Crippen LogP contribution is -2.57. The molecule has 4 amide bonds. The molecule has 2 saturated carbocycles. The van der Waals surface area contributed by atoms with Gasteiger partial charge in [0.25, 0.3) is 5.91 Å². The van der Waals surface area contributed by atoms with Crippen LogP contribution in [0.4, 0.5) is 9.93 Å². The van der Waals surface area contributed by atoms with Crippen molar-refractivity contribution in [3.05, 3.63) is 46.9 Å². The van der Waals surface area contributed by atoms with Gasteiger partial charge in [-0.2, -0.15) is 0 Å². The number of anilines is 1. The van der Waals surface area contributed by atoms with Crippen molar-refractivity contribution in [1.82, 2.24) is 24.8 Å². The number of carbonyl (C=O) groups is 5. The van der Waals surface area contributed by atoms with E-state index < -0.39 is 80.2 Å². The number of benzene rings is 1. The monoisotopic (exact) mass is 852 g/mol. The first-order chi connectivity index (χ1) is 27.9. The van der Waals surface area contributed by atoms with Gasteiger partial charge < -0.3 is 25.0 Å². The van der Waals surface area contributed by atoms with Crippen molar-refractivity contribution in [1.29, 1.82) is 0 Å². The molecule has 1 aromatic carbocycles. The van der Waals surface area contributed by atoms with Crippen LogP contribution in [0.3, 0.4) is 0 Å². The van der Waals surface area contributed by atoms with Crippen LogP contribution in [0.2, 0.25) is 0 Å². The number of allylic oxidation sites excluding steroid dienone is 1. The van der Waals surface area contributed by atoms with Crippen LogP contribution in [0.5, 0.6) is 0 Å². The van der Waals surface area contributed by atoms with Crippen molar-refractivity contribution in [2.24, 2.45) is 11.8 Å². The summed E-state index contributed by atoms with van der Waals surface area (Å²) in [7, 11) is -3.91. The summed E-state index contributed by atoms with van der Waals surface area (Å²) in [6.45, 7) is 9.88. The Labute approximate surface area is 350 Å². The van der Waals surface area contributed by atoms with Gasteiger partial charge in [-0.1, -0.05) is 37.1 Å². The van der Waals surface area contributed by atoms with Crippen LogP contribution in [0, 0.1) is 11.8 Å². The molecule has 0 bridgehead atoms. The summed E-state index contributed by atoms with van der Waals surface area (Å²) in [5.41, 5.74) is 1.41. The molecule has 3 fully saturated rings. The summed E-state index contributed by atoms with van der Waals surface area (Å²) in [5.74, 6) is -3.70. The number of thiazole rings is 1. The standard InChI is InChI=1S/C42H56N6O9S2/c1-25(2)43-39-44-33(24-58-39)26-13-14-28-21-47(22-29(28)17-26)40(53)56-31-19-34-36(50)45-42(38(52)46-59(54,55)32-15-16-32)20-30(42)12-10-8-6-7-9-11-27(37(51)48(34)23-31)18-35(49)57-41(3,4)5/h10,12-14,17,24-25,27,30-32,34H,6-9,11,15-16,18-23H2,1-5H3,(H,43,44)(H,45,50)(H,46,52)/b12-10-/t27-,30-,31-,34+,42-/m1/s1. The third-order valence-corrected chi connectivity index (χ3v) is 14.0. The highest BCUT2D eigenvalue weighted by atomic mass is 32.2. The van der Waals surface area contributed by atoms with Crippen LogP contribution in [0.1, 0.15) is 110 Å². The Balaban J connectivity index is 1.10. The van der Waals surface area contributed by atoms with Crippen molar-refractivity contribution in [3.8, 4) is 11.3 Å². The van der Waals surface area contributed by atoms with E-state index in [9.17, 15) is 32.4 Å². The van der Waals surface area contributed by atoms with Crippen LogP contribution in [0.15, 0.2) is 35.7 Å². The average molecular weight is 853 g/mol. The fraction of sp³-hybridized carbons (Fsp3) is 0.619. The Kier molecular flexibility index (Phi) is 12.2. The lowest BCUT2D eigenvalue weighted by atomic mass is 9.95. The molecule has 3 aliphatic heterocycles. The number of aromatic nitrogens is 1. The summed E-state index contributed by atoms with van der Waals surface area (Å²) >= 11 is 1.53. The molecule has 4 heterocycles. The molecule has 0 radical (unpaired) electrons. The number of fused-ring (bicyclic) bond motifs is 3. The second kappa shape index (κ2) is 16.9. The zero-order chi connectivity index (χ0) is 42.3. The van der Waals surface area contributed by atoms with E-state index in [1.54, 1.807) is 25.7 Å². The first-order valence-corrected chi connectivity index (χ1v) is 23.2. The van der Waals surface area contributed by atoms with Crippen molar-refractivity contribution in [2.75, 3.05) is 11.9 Å². The highest BCUT2D eigenvalue weighted by Gasteiger charge is 2.62. The quantitative estimate of drug-likeness (QED) is 0.216. The first kappa shape index (κ1) is 42.6. The number of amides is 4. The third kappa shape index (κ3) is 10.1. The van der Waals surface area contributed by atoms with Crippen LogP contribution in [0.25, 0.3) is 11.3 Å². The molecule has 59 heavy (non-hydrogen) atoms. The van der Waals surface area contributed by atoms with Gasteiger partial charge in [0.1, 0.15) is 23.3 Å². The molecule has 320 valence electrons. The van der Waals surface area contributed by atoms with Gasteiger partial charge in [0.05, 0.1) is 23.9 Å². The molecule has 17 heteroatoms. The molecule has 0 unspecified atom stereocenters. The van der Waals surface area contributed by atoms with E-state index in [2.05, 4.69) is 29.2 Å². The van der Waals surface area contributed by atoms with Gasteiger partial charge in [0.15, 0.2) is 5.13 Å². The van der Waals surface area contributed by atoms with E-state index in [0.29, 0.717) is 45.2 Å². The highest BCUT2D eigenvalue weighted by molar-refractivity contribution is 7.91. The Morgan fingerprint density at radius 3 is 2.56 bits per heavy atom. The summed E-state index contributed by atoms with van der Waals surface area (Å²) in [6, 6.07) is 5.08. The van der Waals surface area contributed by atoms with Crippen molar-refractivity contribution in [3.63, 3.8) is 0 Å². The van der Waals surface area contributed by atoms with Crippen LogP contribution in [-0.4, -0.2) is 94.1 Å². The SMILES string of the molecule is CC(C)Nc1nc(-c2ccc3c(c2)CN(C(=O)O[C@@H]2C[C@H]4C(=O)N[C@]5(C(=O)NS(=O)(=O)C6CC6)C[C@H]5/C=C\CCCCC[C@H](CC(=O)OC(C)(C)C)C(=O)N4C2)C3)cs1. The van der Waals surface area contributed by atoms with Gasteiger partial charge in [0.2, 0.25) is 21.8 Å². The Morgan fingerprint density at radius 2 is 1.83 bits per heavy atom. The summed E-state index contributed by atoms with van der Waals surface area (Å²) in [4.78, 5) is 77.2. The van der Waals surface area contributed by atoms with Gasteiger partial charge in [-0.25, -0.2) is 18.2 Å². The van der Waals surface area contributed by atoms with Gasteiger partial charge in [-0.15, -0.1) is 11.3 Å². The molecule has 2 aromatic rings. The summed E-state index contributed by atoms with van der Waals surface area (Å²) < 4.78 is 39.6. The molecule has 2 aliphatic carbocycles. The lowest BCUT2D eigenvalue weighted by molar-refractivity contribution is -0.159. The van der Waals surface area contributed by atoms with Crippen LogP contribution >= 0.6 is 11.3 Å². The molecular weight excluding hydrogens is 797 g/mol. The number of rotatable bonds is 9. The molecule has 7 rings (SSSR count). The first-order valence-electron chi connectivity index (χ1n) is 20.8. The Hall–Kier alpha value is -4.51. The number of sulfonamides is 1. The summed E-state index contributed by atoms with van der Waals surface area (Å²) in [6.07, 6.45) is 6.50. The van der Waals surface area contributed by atoms with Gasteiger partial charge in [-0.3, -0.25) is 28.8 Å². The number of nitrogens with one attached hydrogen (secondary N) is 3. The average Bonchev–Trinajstić information content (AvgIpc) is 3.96. The topological polar surface area (TPSA) is 193 Å². The second-order valence-corrected chi connectivity index (χ2v) is 20.7. The van der Waals surface area contributed by atoms with E-state index in [-0.39, 0.29) is 31.8 Å². The summed E-state index contributed by atoms with van der Waals surface area (Å²) in [5, 5.41) is 8.36. The minimum absolute atomic E-state index is 0.0530. The highest BCUT2D eigenvalue weighted by Crippen LogP contribution is 2.46. The lowest BCUT2D eigenvalue weighted by Gasteiger charge is -2.30. The van der Waals surface area contributed by atoms with Crippen molar-refractivity contribution >= 4 is 56.3 Å². The van der Waals surface area contributed by atoms with Gasteiger partial charge >= 0.3 is 12.1 Å². The normalized spacial score (nSPS) is 26.7. The maximum Gasteiger partial charge on any atom is 0.410 e. The molecule has 15 nitrogen and oxygen atoms in total. The van der Waals surface area contributed by atoms with Gasteiger partial charge in [0, 0.05) is 48.3 Å². The maximum absolute atomic E-state index is 14.5. The molecule has 0 spiro atoms. The predicted octanol–water partition coefficient (Wildman–Crippen LogP) is 5.40. The fourth-order valence-corrected chi connectivity index (χ4v) is 10.4. The number of esters is 1. The number of carbonyl (C=O) groups excluding carboxylic acids is 5. The maximum atomic E-state index is 14.5. The Morgan fingerprint density at radius 1 is 1.07 bits per heavy atom. The zero-order valence-electron chi connectivity index (χ0n) is 34.5. The number of hydrogen-bond acceptors (Lipinski definition) is 12. The van der Waals surface area contributed by atoms with E-state index >= 15 is 0 Å². The Bertz CT molecular complexity index is 2110. The van der Waals surface area contributed by atoms with Crippen molar-refractivity contribution in [2.45, 2.75) is 146 Å². The number of ether oxygens (including phenoxy) is 2. The largest absolute Gasteiger partial charge is 0.460 e. The molecule has 3 N–H and O–H groups in total. The molecular formula is C42H56N6O9S2. The van der Waals surface area contributed by atoms with E-state index in [0.717, 1.165) is 40.4 Å². The smallest absolute Gasteiger partial charge is 0.410 e.